The number of carbonyl (C=O) groups excluding carboxylic acids is 1. The fraction of sp³-hybridized carbons (Fsp3) is 0.500. The first-order valence-corrected chi connectivity index (χ1v) is 7.36. The highest BCUT2D eigenvalue weighted by Crippen LogP contribution is 2.19. The number of piperidine rings is 1. The Morgan fingerprint density at radius 3 is 2.83 bits per heavy atom. The molecule has 1 amide bonds. The van der Waals surface area contributed by atoms with Crippen molar-refractivity contribution in [2.45, 2.75) is 30.7 Å². The monoisotopic (exact) mass is 264 g/mol. The quantitative estimate of drug-likeness (QED) is 0.850. The van der Waals surface area contributed by atoms with E-state index in [1.807, 2.05) is 4.90 Å². The van der Waals surface area contributed by atoms with Crippen molar-refractivity contribution in [2.75, 3.05) is 18.8 Å². The van der Waals surface area contributed by atoms with Crippen molar-refractivity contribution in [2.24, 2.45) is 5.73 Å². The number of nitrogens with two attached hydrogens (primary N) is 1. The molecule has 1 fully saturated rings. The minimum absolute atomic E-state index is 0.159. The number of thioether (sulfide) groups is 1. The Balaban J connectivity index is 1.82. The summed E-state index contributed by atoms with van der Waals surface area (Å²) in [6.45, 7) is 3.64. The van der Waals surface area contributed by atoms with E-state index in [4.69, 9.17) is 5.73 Å². The van der Waals surface area contributed by atoms with Crippen LogP contribution in [0.4, 0.5) is 0 Å². The first kappa shape index (κ1) is 13.4. The molecular formula is C14H20N2OS. The molecular weight excluding hydrogens is 244 g/mol. The van der Waals surface area contributed by atoms with Gasteiger partial charge in [-0.05, 0) is 31.9 Å². The number of nitrogens with zero attached hydrogens (tertiary/aromatic N) is 1. The van der Waals surface area contributed by atoms with E-state index in [0.29, 0.717) is 12.3 Å². The molecule has 1 heterocycles. The molecule has 0 bridgehead atoms. The van der Waals surface area contributed by atoms with E-state index in [2.05, 4.69) is 31.2 Å². The number of rotatable bonds is 3. The molecule has 1 aliphatic rings. The van der Waals surface area contributed by atoms with Gasteiger partial charge in [0.1, 0.15) is 0 Å². The highest BCUT2D eigenvalue weighted by molar-refractivity contribution is 8.00. The van der Waals surface area contributed by atoms with Crippen LogP contribution in [-0.2, 0) is 4.79 Å². The largest absolute Gasteiger partial charge is 0.340 e. The lowest BCUT2D eigenvalue weighted by Gasteiger charge is -2.30. The molecule has 1 saturated heterocycles. The van der Waals surface area contributed by atoms with Crippen LogP contribution in [-0.4, -0.2) is 35.7 Å². The topological polar surface area (TPSA) is 46.3 Å². The summed E-state index contributed by atoms with van der Waals surface area (Å²) < 4.78 is 0. The average molecular weight is 264 g/mol. The fourth-order valence-electron chi connectivity index (χ4n) is 2.11. The zero-order valence-corrected chi connectivity index (χ0v) is 11.6. The molecule has 2 rings (SSSR count). The van der Waals surface area contributed by atoms with E-state index in [9.17, 15) is 4.79 Å². The van der Waals surface area contributed by atoms with Crippen LogP contribution in [0.25, 0.3) is 0 Å². The molecule has 1 unspecified atom stereocenters. The van der Waals surface area contributed by atoms with Gasteiger partial charge in [0.2, 0.25) is 5.91 Å². The smallest absolute Gasteiger partial charge is 0.232 e. The SMILES string of the molecule is Cc1ccc(SCC(=O)N2CCCC(N)C2)cc1. The summed E-state index contributed by atoms with van der Waals surface area (Å²) in [4.78, 5) is 15.1. The molecule has 1 aromatic rings. The van der Waals surface area contributed by atoms with Gasteiger partial charge in [0.05, 0.1) is 5.75 Å². The van der Waals surface area contributed by atoms with Crippen LogP contribution in [0.15, 0.2) is 29.2 Å². The Morgan fingerprint density at radius 2 is 2.17 bits per heavy atom. The van der Waals surface area contributed by atoms with Crippen molar-refractivity contribution in [3.05, 3.63) is 29.8 Å². The number of likely N-dealkylation sites (tertiary alicyclic amines) is 1. The Bertz CT molecular complexity index is 405. The third-order valence-corrected chi connectivity index (χ3v) is 4.19. The third-order valence-electron chi connectivity index (χ3n) is 3.19. The maximum atomic E-state index is 12.0. The molecule has 1 aliphatic heterocycles. The van der Waals surface area contributed by atoms with Gasteiger partial charge in [-0.25, -0.2) is 0 Å². The van der Waals surface area contributed by atoms with Crippen LogP contribution in [0.2, 0.25) is 0 Å². The second-order valence-electron chi connectivity index (χ2n) is 4.84. The normalized spacial score (nSPS) is 19.9. The molecule has 4 heteroatoms. The van der Waals surface area contributed by atoms with Crippen molar-refractivity contribution in [3.63, 3.8) is 0 Å². The summed E-state index contributed by atoms with van der Waals surface area (Å²) >= 11 is 1.60. The van der Waals surface area contributed by atoms with E-state index >= 15 is 0 Å². The lowest BCUT2D eigenvalue weighted by Crippen LogP contribution is -2.46. The van der Waals surface area contributed by atoms with Gasteiger partial charge in [-0.15, -0.1) is 11.8 Å². The average Bonchev–Trinajstić information content (AvgIpc) is 2.38. The van der Waals surface area contributed by atoms with E-state index < -0.39 is 0 Å². The van der Waals surface area contributed by atoms with E-state index in [-0.39, 0.29) is 11.9 Å². The lowest BCUT2D eigenvalue weighted by molar-refractivity contribution is -0.129. The molecule has 98 valence electrons. The van der Waals surface area contributed by atoms with Gasteiger partial charge in [0.15, 0.2) is 0 Å². The summed E-state index contributed by atoms with van der Waals surface area (Å²) in [5, 5.41) is 0. The van der Waals surface area contributed by atoms with E-state index in [1.54, 1.807) is 11.8 Å². The molecule has 18 heavy (non-hydrogen) atoms. The van der Waals surface area contributed by atoms with E-state index in [1.165, 1.54) is 5.56 Å². The zero-order chi connectivity index (χ0) is 13.0. The number of hydrogen-bond donors (Lipinski definition) is 1. The Labute approximate surface area is 113 Å². The molecule has 2 N–H and O–H groups in total. The van der Waals surface area contributed by atoms with Crippen LogP contribution >= 0.6 is 11.8 Å². The Morgan fingerprint density at radius 1 is 1.44 bits per heavy atom. The van der Waals surface area contributed by atoms with Crippen LogP contribution < -0.4 is 5.73 Å². The first-order chi connectivity index (χ1) is 8.65. The van der Waals surface area contributed by atoms with Crippen molar-refractivity contribution >= 4 is 17.7 Å². The van der Waals surface area contributed by atoms with Gasteiger partial charge in [0.25, 0.3) is 0 Å². The van der Waals surface area contributed by atoms with Crippen LogP contribution in [0.1, 0.15) is 18.4 Å². The van der Waals surface area contributed by atoms with Crippen LogP contribution in [0, 0.1) is 6.92 Å². The molecule has 3 nitrogen and oxygen atoms in total. The minimum Gasteiger partial charge on any atom is -0.340 e. The molecule has 0 saturated carbocycles. The van der Waals surface area contributed by atoms with Gasteiger partial charge >= 0.3 is 0 Å². The summed E-state index contributed by atoms with van der Waals surface area (Å²) in [5.41, 5.74) is 7.13. The zero-order valence-electron chi connectivity index (χ0n) is 10.8. The van der Waals surface area contributed by atoms with Crippen molar-refractivity contribution < 1.29 is 4.79 Å². The highest BCUT2D eigenvalue weighted by atomic mass is 32.2. The Hall–Kier alpha value is -1.00. The third kappa shape index (κ3) is 3.75. The fourth-order valence-corrected chi connectivity index (χ4v) is 2.91. The summed E-state index contributed by atoms with van der Waals surface area (Å²) in [6, 6.07) is 8.43. The predicted octanol–water partition coefficient (Wildman–Crippen LogP) is 2.04. The first-order valence-electron chi connectivity index (χ1n) is 6.38. The highest BCUT2D eigenvalue weighted by Gasteiger charge is 2.20. The maximum absolute atomic E-state index is 12.0. The molecule has 1 aromatic carbocycles. The lowest BCUT2D eigenvalue weighted by atomic mass is 10.1. The van der Waals surface area contributed by atoms with Gasteiger partial charge in [0, 0.05) is 24.0 Å². The molecule has 0 aromatic heterocycles. The Kier molecular flexibility index (Phi) is 4.66. The molecule has 0 radical (unpaired) electrons. The van der Waals surface area contributed by atoms with Crippen LogP contribution in [0.5, 0.6) is 0 Å². The predicted molar refractivity (Wildman–Crippen MR) is 75.7 cm³/mol. The minimum atomic E-state index is 0.159. The number of aryl methyl sites for hydroxylation is 1. The second-order valence-corrected chi connectivity index (χ2v) is 5.89. The van der Waals surface area contributed by atoms with Gasteiger partial charge in [-0.1, -0.05) is 17.7 Å². The van der Waals surface area contributed by atoms with Gasteiger partial charge in [-0.2, -0.15) is 0 Å². The molecule has 1 atom stereocenters. The second kappa shape index (κ2) is 6.25. The number of benzene rings is 1. The van der Waals surface area contributed by atoms with Gasteiger partial charge < -0.3 is 10.6 Å². The number of amides is 1. The molecule has 0 aliphatic carbocycles. The summed E-state index contributed by atoms with van der Waals surface area (Å²) in [5.74, 6) is 0.714. The number of hydrogen-bond acceptors (Lipinski definition) is 3. The van der Waals surface area contributed by atoms with E-state index in [0.717, 1.165) is 24.3 Å². The van der Waals surface area contributed by atoms with Crippen molar-refractivity contribution in [1.82, 2.24) is 4.90 Å². The van der Waals surface area contributed by atoms with Crippen LogP contribution in [0.3, 0.4) is 0 Å². The standard InChI is InChI=1S/C14H20N2OS/c1-11-4-6-13(7-5-11)18-10-14(17)16-8-2-3-12(15)9-16/h4-7,12H,2-3,8-10,15H2,1H3. The maximum Gasteiger partial charge on any atom is 0.232 e. The summed E-state index contributed by atoms with van der Waals surface area (Å²) in [6.07, 6.45) is 2.07. The van der Waals surface area contributed by atoms with Gasteiger partial charge in [-0.3, -0.25) is 4.79 Å². The van der Waals surface area contributed by atoms with Crippen molar-refractivity contribution in [1.29, 1.82) is 0 Å². The van der Waals surface area contributed by atoms with Crippen molar-refractivity contribution in [3.8, 4) is 0 Å². The summed E-state index contributed by atoms with van der Waals surface area (Å²) in [7, 11) is 0. The number of carbonyl (C=O) groups is 1. The molecule has 0 spiro atoms.